The van der Waals surface area contributed by atoms with Gasteiger partial charge in [-0.25, -0.2) is 9.67 Å². The normalized spacial score (nSPS) is 14.8. The summed E-state index contributed by atoms with van der Waals surface area (Å²) in [7, 11) is 0. The van der Waals surface area contributed by atoms with Crippen molar-refractivity contribution in [3.8, 4) is 0 Å². The van der Waals surface area contributed by atoms with Crippen LogP contribution >= 0.6 is 0 Å². The van der Waals surface area contributed by atoms with E-state index in [1.54, 1.807) is 0 Å². The molecule has 1 amide bonds. The van der Waals surface area contributed by atoms with Crippen LogP contribution < -0.4 is 0 Å². The molecule has 1 N–H and O–H groups in total. The van der Waals surface area contributed by atoms with Crippen LogP contribution in [-0.2, 0) is 29.2 Å². The zero-order valence-corrected chi connectivity index (χ0v) is 17.0. The van der Waals surface area contributed by atoms with Gasteiger partial charge < -0.3 is 14.6 Å². The van der Waals surface area contributed by atoms with Crippen molar-refractivity contribution in [3.63, 3.8) is 0 Å². The maximum atomic E-state index is 12.5. The van der Waals surface area contributed by atoms with Crippen LogP contribution in [-0.4, -0.2) is 83.2 Å². The number of tetrazole rings is 1. The van der Waals surface area contributed by atoms with Crippen molar-refractivity contribution in [2.75, 3.05) is 26.2 Å². The monoisotopic (exact) mass is 414 g/mol. The predicted molar refractivity (Wildman–Crippen MR) is 108 cm³/mol. The molecular weight excluding hydrogens is 388 g/mol. The Labute approximate surface area is 173 Å². The Morgan fingerprint density at radius 1 is 1.20 bits per heavy atom. The summed E-state index contributed by atoms with van der Waals surface area (Å²) in [5.41, 5.74) is 2.23. The van der Waals surface area contributed by atoms with Crippen LogP contribution in [0.3, 0.4) is 0 Å². The Hall–Kier alpha value is -3.34. The summed E-state index contributed by atoms with van der Waals surface area (Å²) >= 11 is 0. The standard InChI is InChI=1S/C18H24N8O.CH2O2/c1-2-26-16-7-4-3-6-15(16)20-17(26)12-23-8-5-9-24(11-10-23)18(27)13-25-14-19-21-22-25;2-1-3/h3-4,6-7,14H,2,5,8-13H2,1H3;1H,(H,2,3). The number of carbonyl (C=O) groups excluding carboxylic acids is 1. The number of hydrogen-bond acceptors (Lipinski definition) is 7. The largest absolute Gasteiger partial charge is 0.483 e. The van der Waals surface area contributed by atoms with Crippen LogP contribution in [0, 0.1) is 0 Å². The number of hydrogen-bond donors (Lipinski definition) is 1. The molecule has 1 saturated heterocycles. The number of carboxylic acid groups (broad SMARTS) is 1. The van der Waals surface area contributed by atoms with Gasteiger partial charge in [-0.05, 0) is 35.9 Å². The minimum absolute atomic E-state index is 0.0601. The molecule has 4 rings (SSSR count). The number of imidazole rings is 1. The molecule has 1 aliphatic rings. The van der Waals surface area contributed by atoms with Crippen LogP contribution in [0.1, 0.15) is 19.2 Å². The van der Waals surface area contributed by atoms with Crippen molar-refractivity contribution in [2.24, 2.45) is 0 Å². The summed E-state index contributed by atoms with van der Waals surface area (Å²) in [6.07, 6.45) is 2.42. The Morgan fingerprint density at radius 2 is 2.00 bits per heavy atom. The highest BCUT2D eigenvalue weighted by molar-refractivity contribution is 5.76. The molecule has 0 radical (unpaired) electrons. The number of carbonyl (C=O) groups is 2. The van der Waals surface area contributed by atoms with Gasteiger partial charge in [0.1, 0.15) is 18.7 Å². The van der Waals surface area contributed by atoms with Gasteiger partial charge in [0.15, 0.2) is 0 Å². The Morgan fingerprint density at radius 3 is 2.73 bits per heavy atom. The van der Waals surface area contributed by atoms with Crippen molar-refractivity contribution in [1.82, 2.24) is 39.6 Å². The number of benzene rings is 1. The van der Waals surface area contributed by atoms with Crippen molar-refractivity contribution < 1.29 is 14.7 Å². The molecule has 11 nitrogen and oxygen atoms in total. The second kappa shape index (κ2) is 10.4. The Bertz CT molecular complexity index is 956. The van der Waals surface area contributed by atoms with Crippen LogP contribution in [0.25, 0.3) is 11.0 Å². The average molecular weight is 414 g/mol. The third-order valence-electron chi connectivity index (χ3n) is 5.04. The minimum atomic E-state index is -0.250. The quantitative estimate of drug-likeness (QED) is 0.598. The fourth-order valence-corrected chi connectivity index (χ4v) is 3.67. The van der Waals surface area contributed by atoms with E-state index in [1.165, 1.54) is 16.5 Å². The molecule has 11 heteroatoms. The molecule has 0 unspecified atom stereocenters. The van der Waals surface area contributed by atoms with Crippen LogP contribution in [0.4, 0.5) is 0 Å². The molecular formula is C19H26N8O3. The summed E-state index contributed by atoms with van der Waals surface area (Å²) in [6, 6.07) is 8.27. The fourth-order valence-electron chi connectivity index (χ4n) is 3.67. The van der Waals surface area contributed by atoms with E-state index in [2.05, 4.69) is 50.1 Å². The maximum Gasteiger partial charge on any atom is 0.290 e. The first-order valence-corrected chi connectivity index (χ1v) is 9.89. The van der Waals surface area contributed by atoms with Gasteiger partial charge in [-0.15, -0.1) is 5.10 Å². The van der Waals surface area contributed by atoms with E-state index in [0.717, 1.165) is 50.5 Å². The number of para-hydroxylation sites is 2. The van der Waals surface area contributed by atoms with E-state index in [1.807, 2.05) is 11.0 Å². The lowest BCUT2D eigenvalue weighted by Crippen LogP contribution is -2.37. The average Bonchev–Trinajstić information content (AvgIpc) is 3.30. The molecule has 1 fully saturated rings. The molecule has 1 aromatic carbocycles. The van der Waals surface area contributed by atoms with Gasteiger partial charge in [-0.2, -0.15) is 0 Å². The van der Waals surface area contributed by atoms with Crippen molar-refractivity contribution >= 4 is 23.4 Å². The van der Waals surface area contributed by atoms with E-state index in [9.17, 15) is 4.79 Å². The Kier molecular flexibility index (Phi) is 7.44. The molecule has 160 valence electrons. The van der Waals surface area contributed by atoms with E-state index in [4.69, 9.17) is 14.9 Å². The summed E-state index contributed by atoms with van der Waals surface area (Å²) in [5, 5.41) is 17.8. The Balaban J connectivity index is 0.000000806. The first-order valence-electron chi connectivity index (χ1n) is 9.89. The summed E-state index contributed by atoms with van der Waals surface area (Å²) in [4.78, 5) is 30.0. The van der Waals surface area contributed by atoms with Gasteiger partial charge in [0.25, 0.3) is 6.47 Å². The molecule has 3 aromatic rings. The predicted octanol–water partition coefficient (Wildman–Crippen LogP) is 0.478. The fraction of sp³-hybridized carbons (Fsp3) is 0.474. The topological polar surface area (TPSA) is 122 Å². The number of rotatable bonds is 5. The summed E-state index contributed by atoms with van der Waals surface area (Å²) < 4.78 is 3.75. The highest BCUT2D eigenvalue weighted by atomic mass is 16.3. The number of aromatic nitrogens is 6. The number of nitrogens with zero attached hydrogens (tertiary/aromatic N) is 8. The van der Waals surface area contributed by atoms with E-state index in [0.29, 0.717) is 6.54 Å². The zero-order valence-electron chi connectivity index (χ0n) is 17.0. The van der Waals surface area contributed by atoms with Crippen LogP contribution in [0.15, 0.2) is 30.6 Å². The lowest BCUT2D eigenvalue weighted by atomic mass is 10.3. The van der Waals surface area contributed by atoms with E-state index in [-0.39, 0.29) is 18.9 Å². The van der Waals surface area contributed by atoms with Gasteiger partial charge in [-0.3, -0.25) is 14.5 Å². The smallest absolute Gasteiger partial charge is 0.290 e. The highest BCUT2D eigenvalue weighted by Crippen LogP contribution is 2.18. The summed E-state index contributed by atoms with van der Waals surface area (Å²) in [5.74, 6) is 1.15. The number of aryl methyl sites for hydroxylation is 1. The molecule has 1 aliphatic heterocycles. The lowest BCUT2D eigenvalue weighted by molar-refractivity contribution is -0.132. The molecule has 30 heavy (non-hydrogen) atoms. The number of fused-ring (bicyclic) bond motifs is 1. The van der Waals surface area contributed by atoms with E-state index < -0.39 is 0 Å². The van der Waals surface area contributed by atoms with Gasteiger partial charge in [0.2, 0.25) is 5.91 Å². The SMILES string of the molecule is CCn1c(CN2CCCN(C(=O)Cn3cnnn3)CC2)nc2ccccc21.O=CO. The molecule has 0 aliphatic carbocycles. The zero-order chi connectivity index (χ0) is 21.3. The molecule has 0 bridgehead atoms. The molecule has 0 saturated carbocycles. The van der Waals surface area contributed by atoms with Gasteiger partial charge >= 0.3 is 0 Å². The van der Waals surface area contributed by atoms with Crippen molar-refractivity contribution in [2.45, 2.75) is 33.0 Å². The van der Waals surface area contributed by atoms with E-state index >= 15 is 0 Å². The third kappa shape index (κ3) is 5.17. The van der Waals surface area contributed by atoms with Gasteiger partial charge in [0, 0.05) is 32.7 Å². The highest BCUT2D eigenvalue weighted by Gasteiger charge is 2.21. The minimum Gasteiger partial charge on any atom is -0.483 e. The maximum absolute atomic E-state index is 12.5. The molecule has 2 aromatic heterocycles. The number of amides is 1. The second-order valence-corrected chi connectivity index (χ2v) is 6.88. The van der Waals surface area contributed by atoms with Crippen molar-refractivity contribution in [1.29, 1.82) is 0 Å². The molecule has 3 heterocycles. The summed E-state index contributed by atoms with van der Waals surface area (Å²) in [6.45, 7) is 7.08. The first-order chi connectivity index (χ1) is 14.7. The second-order valence-electron chi connectivity index (χ2n) is 6.88. The van der Waals surface area contributed by atoms with Crippen LogP contribution in [0.2, 0.25) is 0 Å². The lowest BCUT2D eigenvalue weighted by Gasteiger charge is -2.22. The van der Waals surface area contributed by atoms with Crippen LogP contribution in [0.5, 0.6) is 0 Å². The van der Waals surface area contributed by atoms with Crippen molar-refractivity contribution in [3.05, 3.63) is 36.4 Å². The first kappa shape index (κ1) is 21.4. The molecule has 0 atom stereocenters. The van der Waals surface area contributed by atoms with Gasteiger partial charge in [-0.1, -0.05) is 12.1 Å². The van der Waals surface area contributed by atoms with Gasteiger partial charge in [0.05, 0.1) is 17.6 Å². The molecule has 0 spiro atoms. The third-order valence-corrected chi connectivity index (χ3v) is 5.04.